The van der Waals surface area contributed by atoms with Crippen molar-refractivity contribution in [2.75, 3.05) is 17.1 Å². The maximum Gasteiger partial charge on any atom is 0.240 e. The van der Waals surface area contributed by atoms with Crippen LogP contribution in [0.5, 0.6) is 0 Å². The van der Waals surface area contributed by atoms with Gasteiger partial charge in [0, 0.05) is 6.04 Å². The molecule has 21 heavy (non-hydrogen) atoms. The second kappa shape index (κ2) is 6.93. The Balaban J connectivity index is 3.12. The molecule has 1 aromatic rings. The van der Waals surface area contributed by atoms with Crippen molar-refractivity contribution in [3.8, 4) is 0 Å². The van der Waals surface area contributed by atoms with Crippen LogP contribution in [-0.2, 0) is 14.8 Å². The van der Waals surface area contributed by atoms with Gasteiger partial charge in [-0.1, -0.05) is 25.1 Å². The van der Waals surface area contributed by atoms with Crippen LogP contribution in [0.4, 0.5) is 5.69 Å². The van der Waals surface area contributed by atoms with Crippen LogP contribution in [-0.4, -0.2) is 33.2 Å². The number of carbonyl (C=O) groups excluding carboxylic acids is 1. The maximum atomic E-state index is 12.1. The highest BCUT2D eigenvalue weighted by atomic mass is 32.2. The highest BCUT2D eigenvalue weighted by Gasteiger charge is 2.24. The molecule has 0 aromatic heterocycles. The smallest absolute Gasteiger partial charge is 0.240 e. The number of nitrogens with one attached hydrogen (secondary N) is 1. The van der Waals surface area contributed by atoms with E-state index in [0.29, 0.717) is 5.69 Å². The Kier molecular flexibility index (Phi) is 5.78. The van der Waals surface area contributed by atoms with Gasteiger partial charge in [-0.25, -0.2) is 8.42 Å². The van der Waals surface area contributed by atoms with Crippen LogP contribution in [0.2, 0.25) is 0 Å². The summed E-state index contributed by atoms with van der Waals surface area (Å²) in [4.78, 5) is 12.0. The molecule has 0 fully saturated rings. The summed E-state index contributed by atoms with van der Waals surface area (Å²) >= 11 is 0. The highest BCUT2D eigenvalue weighted by molar-refractivity contribution is 7.92. The van der Waals surface area contributed by atoms with Crippen LogP contribution in [0.1, 0.15) is 31.4 Å². The third kappa shape index (κ3) is 4.74. The van der Waals surface area contributed by atoms with E-state index < -0.39 is 10.0 Å². The number of sulfonamides is 1. The highest BCUT2D eigenvalue weighted by Crippen LogP contribution is 2.26. The topological polar surface area (TPSA) is 66.5 Å². The monoisotopic (exact) mass is 312 g/mol. The minimum Gasteiger partial charge on any atom is -0.352 e. The van der Waals surface area contributed by atoms with E-state index in [2.05, 4.69) is 5.32 Å². The van der Waals surface area contributed by atoms with E-state index in [4.69, 9.17) is 0 Å². The van der Waals surface area contributed by atoms with Gasteiger partial charge in [-0.15, -0.1) is 0 Å². The van der Waals surface area contributed by atoms with Crippen molar-refractivity contribution < 1.29 is 13.2 Å². The molecule has 0 saturated carbocycles. The van der Waals surface area contributed by atoms with E-state index in [0.717, 1.165) is 23.8 Å². The molecular weight excluding hydrogens is 288 g/mol. The fourth-order valence-electron chi connectivity index (χ4n) is 2.11. The van der Waals surface area contributed by atoms with Gasteiger partial charge in [0.05, 0.1) is 11.9 Å². The predicted octanol–water partition coefficient (Wildman–Crippen LogP) is 1.98. The fraction of sp³-hybridized carbons (Fsp3) is 0.533. The van der Waals surface area contributed by atoms with Crippen LogP contribution >= 0.6 is 0 Å². The molecule has 0 unspecified atom stereocenters. The van der Waals surface area contributed by atoms with E-state index in [9.17, 15) is 13.2 Å². The molecule has 5 nitrogen and oxygen atoms in total. The minimum atomic E-state index is -3.53. The molecule has 1 aromatic carbocycles. The zero-order valence-corrected chi connectivity index (χ0v) is 14.1. The summed E-state index contributed by atoms with van der Waals surface area (Å²) in [6.45, 7) is 7.33. The molecule has 1 amide bonds. The summed E-state index contributed by atoms with van der Waals surface area (Å²) in [5.41, 5.74) is 2.24. The number of nitrogens with zero attached hydrogens (tertiary/aromatic N) is 1. The van der Waals surface area contributed by atoms with E-state index in [1.54, 1.807) is 0 Å². The van der Waals surface area contributed by atoms with E-state index in [1.807, 2.05) is 45.9 Å². The van der Waals surface area contributed by atoms with Gasteiger partial charge in [-0.2, -0.15) is 0 Å². The summed E-state index contributed by atoms with van der Waals surface area (Å²) in [6.07, 6.45) is 1.92. The maximum absolute atomic E-state index is 12.1. The number of benzene rings is 1. The molecular formula is C15H24N2O3S. The van der Waals surface area contributed by atoms with Crippen molar-refractivity contribution in [1.29, 1.82) is 0 Å². The van der Waals surface area contributed by atoms with Crippen molar-refractivity contribution in [2.45, 2.75) is 40.2 Å². The van der Waals surface area contributed by atoms with Crippen LogP contribution in [0.15, 0.2) is 18.2 Å². The van der Waals surface area contributed by atoms with E-state index >= 15 is 0 Å². The second-order valence-electron chi connectivity index (χ2n) is 5.39. The molecule has 0 aliphatic rings. The number of anilines is 1. The molecule has 0 spiro atoms. The van der Waals surface area contributed by atoms with Crippen molar-refractivity contribution in [2.24, 2.45) is 0 Å². The van der Waals surface area contributed by atoms with Crippen molar-refractivity contribution in [3.05, 3.63) is 29.3 Å². The Morgan fingerprint density at radius 3 is 2.24 bits per heavy atom. The van der Waals surface area contributed by atoms with Gasteiger partial charge in [0.15, 0.2) is 0 Å². The number of para-hydroxylation sites is 1. The van der Waals surface area contributed by atoms with Crippen molar-refractivity contribution >= 4 is 21.6 Å². The number of hydrogen-bond donors (Lipinski definition) is 1. The first-order chi connectivity index (χ1) is 9.66. The molecule has 118 valence electrons. The Morgan fingerprint density at radius 2 is 1.81 bits per heavy atom. The first-order valence-electron chi connectivity index (χ1n) is 7.00. The lowest BCUT2D eigenvalue weighted by atomic mass is 10.1. The van der Waals surface area contributed by atoms with Gasteiger partial charge in [-0.05, 0) is 38.3 Å². The first kappa shape index (κ1) is 17.5. The molecule has 0 bridgehead atoms. The molecule has 1 atom stereocenters. The summed E-state index contributed by atoms with van der Waals surface area (Å²) in [5.74, 6) is -0.294. The fourth-order valence-corrected chi connectivity index (χ4v) is 3.09. The molecule has 0 aliphatic heterocycles. The molecule has 0 heterocycles. The molecule has 0 radical (unpaired) electrons. The SMILES string of the molecule is CC[C@@H](C)NC(=O)CN(c1c(C)cccc1C)S(C)(=O)=O. The van der Waals surface area contributed by atoms with Gasteiger partial charge < -0.3 is 5.32 Å². The van der Waals surface area contributed by atoms with Gasteiger partial charge >= 0.3 is 0 Å². The third-order valence-corrected chi connectivity index (χ3v) is 4.51. The summed E-state index contributed by atoms with van der Waals surface area (Å²) in [5, 5.41) is 2.80. The zero-order chi connectivity index (χ0) is 16.2. The summed E-state index contributed by atoms with van der Waals surface area (Å²) in [6, 6.07) is 5.57. The Hall–Kier alpha value is -1.56. The molecule has 6 heteroatoms. The largest absolute Gasteiger partial charge is 0.352 e. The van der Waals surface area contributed by atoms with Gasteiger partial charge in [0.25, 0.3) is 0 Å². The average molecular weight is 312 g/mol. The number of carbonyl (C=O) groups is 1. The first-order valence-corrected chi connectivity index (χ1v) is 8.85. The van der Waals surface area contributed by atoms with Gasteiger partial charge in [0.1, 0.15) is 6.54 Å². The molecule has 1 N–H and O–H groups in total. The van der Waals surface area contributed by atoms with Crippen molar-refractivity contribution in [3.63, 3.8) is 0 Å². The van der Waals surface area contributed by atoms with Crippen LogP contribution in [0, 0.1) is 13.8 Å². The molecule has 0 aliphatic carbocycles. The van der Waals surface area contributed by atoms with Crippen LogP contribution < -0.4 is 9.62 Å². The summed E-state index contributed by atoms with van der Waals surface area (Å²) < 4.78 is 25.3. The van der Waals surface area contributed by atoms with Crippen LogP contribution in [0.3, 0.4) is 0 Å². The number of hydrogen-bond acceptors (Lipinski definition) is 3. The van der Waals surface area contributed by atoms with Crippen molar-refractivity contribution in [1.82, 2.24) is 5.32 Å². The van der Waals surface area contributed by atoms with Gasteiger partial charge in [-0.3, -0.25) is 9.10 Å². The zero-order valence-electron chi connectivity index (χ0n) is 13.3. The Morgan fingerprint density at radius 1 is 1.29 bits per heavy atom. The second-order valence-corrected chi connectivity index (χ2v) is 7.29. The van der Waals surface area contributed by atoms with E-state index in [-0.39, 0.29) is 18.5 Å². The Bertz CT molecular complexity index is 591. The Labute approximate surface area is 127 Å². The molecule has 0 saturated heterocycles. The summed E-state index contributed by atoms with van der Waals surface area (Å²) in [7, 11) is -3.53. The normalized spacial score (nSPS) is 12.8. The predicted molar refractivity (Wildman–Crippen MR) is 86.0 cm³/mol. The van der Waals surface area contributed by atoms with E-state index in [1.165, 1.54) is 4.31 Å². The number of aryl methyl sites for hydroxylation is 2. The average Bonchev–Trinajstić information content (AvgIpc) is 2.35. The lowest BCUT2D eigenvalue weighted by molar-refractivity contribution is -0.120. The van der Waals surface area contributed by atoms with Crippen LogP contribution in [0.25, 0.3) is 0 Å². The number of amides is 1. The molecule has 1 rings (SSSR count). The standard InChI is InChI=1S/C15H24N2O3S/c1-6-13(4)16-14(18)10-17(21(5,19)20)15-11(2)8-7-9-12(15)3/h7-9,13H,6,10H2,1-5H3,(H,16,18)/t13-/m1/s1. The quantitative estimate of drug-likeness (QED) is 0.873. The lowest BCUT2D eigenvalue weighted by Crippen LogP contribution is -2.43. The number of rotatable bonds is 6. The lowest BCUT2D eigenvalue weighted by Gasteiger charge is -2.26. The van der Waals surface area contributed by atoms with Gasteiger partial charge in [0.2, 0.25) is 15.9 Å². The minimum absolute atomic E-state index is 0.0249. The third-order valence-electron chi connectivity index (χ3n) is 3.40.